The van der Waals surface area contributed by atoms with E-state index >= 15 is 0 Å². The molecule has 1 atom stereocenters. The van der Waals surface area contributed by atoms with Gasteiger partial charge in [0.25, 0.3) is 0 Å². The quantitative estimate of drug-likeness (QED) is 0.906. The Labute approximate surface area is 138 Å². The minimum absolute atomic E-state index is 0.117. The van der Waals surface area contributed by atoms with Gasteiger partial charge in [0, 0.05) is 17.4 Å². The van der Waals surface area contributed by atoms with Gasteiger partial charge < -0.3 is 14.0 Å². The van der Waals surface area contributed by atoms with Crippen LogP contribution in [0.2, 0.25) is 0 Å². The molecule has 0 saturated heterocycles. The number of nitrogens with zero attached hydrogens (tertiary/aromatic N) is 1. The molecule has 1 N–H and O–H groups in total. The highest BCUT2D eigenvalue weighted by molar-refractivity contribution is 7.99. The second kappa shape index (κ2) is 6.95. The molecule has 23 heavy (non-hydrogen) atoms. The monoisotopic (exact) mass is 334 g/mol. The van der Waals surface area contributed by atoms with Crippen LogP contribution in [-0.4, -0.2) is 29.5 Å². The van der Waals surface area contributed by atoms with Crippen LogP contribution in [0.1, 0.15) is 18.2 Å². The van der Waals surface area contributed by atoms with E-state index in [0.717, 1.165) is 22.8 Å². The van der Waals surface area contributed by atoms with E-state index < -0.39 is 0 Å². The zero-order valence-electron chi connectivity index (χ0n) is 13.0. The number of thioether (sulfide) groups is 1. The topological polar surface area (TPSA) is 73.6 Å². The van der Waals surface area contributed by atoms with Gasteiger partial charge in [0.1, 0.15) is 13.2 Å². The van der Waals surface area contributed by atoms with Crippen molar-refractivity contribution in [1.29, 1.82) is 0 Å². The Balaban J connectivity index is 1.58. The first-order valence-electron chi connectivity index (χ1n) is 7.37. The van der Waals surface area contributed by atoms with Crippen LogP contribution in [0.4, 0.5) is 5.88 Å². The van der Waals surface area contributed by atoms with Crippen molar-refractivity contribution in [3.63, 3.8) is 0 Å². The molecule has 0 fully saturated rings. The van der Waals surface area contributed by atoms with Gasteiger partial charge in [-0.25, -0.2) is 0 Å². The SMILES string of the molecule is Cc1cc(NC(=O)[C@H](C)SCc2cccc3c2OCCO3)on1. The van der Waals surface area contributed by atoms with E-state index in [1.54, 1.807) is 13.0 Å². The summed E-state index contributed by atoms with van der Waals surface area (Å²) in [7, 11) is 0. The molecule has 0 radical (unpaired) electrons. The number of amides is 1. The number of nitrogens with one attached hydrogen (secondary N) is 1. The number of anilines is 1. The molecule has 0 spiro atoms. The molecule has 2 heterocycles. The molecule has 1 aromatic heterocycles. The second-order valence-electron chi connectivity index (χ2n) is 5.22. The predicted octanol–water partition coefficient (Wildman–Crippen LogP) is 3.01. The van der Waals surface area contributed by atoms with Crippen molar-refractivity contribution in [2.75, 3.05) is 18.5 Å². The first-order chi connectivity index (χ1) is 11.1. The van der Waals surface area contributed by atoms with E-state index in [0.29, 0.717) is 24.9 Å². The highest BCUT2D eigenvalue weighted by Crippen LogP contribution is 2.36. The second-order valence-corrected chi connectivity index (χ2v) is 6.55. The number of aryl methyl sites for hydroxylation is 1. The van der Waals surface area contributed by atoms with Crippen molar-refractivity contribution in [2.24, 2.45) is 0 Å². The number of hydrogen-bond acceptors (Lipinski definition) is 6. The van der Waals surface area contributed by atoms with E-state index in [2.05, 4.69) is 10.5 Å². The summed E-state index contributed by atoms with van der Waals surface area (Å²) in [5.74, 6) is 2.46. The van der Waals surface area contributed by atoms with E-state index in [4.69, 9.17) is 14.0 Å². The van der Waals surface area contributed by atoms with Gasteiger partial charge in [-0.15, -0.1) is 11.8 Å². The summed E-state index contributed by atoms with van der Waals surface area (Å²) in [6, 6.07) is 7.51. The van der Waals surface area contributed by atoms with Crippen molar-refractivity contribution in [3.05, 3.63) is 35.5 Å². The lowest BCUT2D eigenvalue weighted by Crippen LogP contribution is -2.22. The van der Waals surface area contributed by atoms with Crippen LogP contribution in [0.25, 0.3) is 0 Å². The predicted molar refractivity (Wildman–Crippen MR) is 88.1 cm³/mol. The minimum atomic E-state index is -0.235. The summed E-state index contributed by atoms with van der Waals surface area (Å²) in [6.07, 6.45) is 0. The van der Waals surface area contributed by atoms with E-state index in [-0.39, 0.29) is 11.2 Å². The number of rotatable bonds is 5. The van der Waals surface area contributed by atoms with Gasteiger partial charge in [-0.05, 0) is 19.9 Å². The maximum Gasteiger partial charge on any atom is 0.239 e. The Morgan fingerprint density at radius 3 is 3.00 bits per heavy atom. The fourth-order valence-corrected chi connectivity index (χ4v) is 3.05. The molecule has 0 saturated carbocycles. The Morgan fingerprint density at radius 1 is 1.39 bits per heavy atom. The van der Waals surface area contributed by atoms with E-state index in [1.807, 2.05) is 25.1 Å². The third-order valence-corrected chi connectivity index (χ3v) is 4.57. The molecule has 0 aliphatic carbocycles. The molecule has 2 aromatic rings. The number of para-hydroxylation sites is 1. The molecule has 3 rings (SSSR count). The molecule has 1 amide bonds. The normalized spacial score (nSPS) is 14.3. The zero-order chi connectivity index (χ0) is 16.2. The van der Waals surface area contributed by atoms with Crippen LogP contribution < -0.4 is 14.8 Å². The summed E-state index contributed by atoms with van der Waals surface area (Å²) < 4.78 is 16.2. The third-order valence-electron chi connectivity index (χ3n) is 3.38. The van der Waals surface area contributed by atoms with Crippen LogP contribution in [0.5, 0.6) is 11.5 Å². The Hall–Kier alpha value is -2.15. The van der Waals surface area contributed by atoms with Gasteiger partial charge in [0.2, 0.25) is 11.8 Å². The Bertz CT molecular complexity index is 701. The number of hydrogen-bond donors (Lipinski definition) is 1. The molecule has 1 aliphatic rings. The fourth-order valence-electron chi connectivity index (χ4n) is 2.18. The molecule has 122 valence electrons. The minimum Gasteiger partial charge on any atom is -0.486 e. The average Bonchev–Trinajstić information content (AvgIpc) is 2.97. The van der Waals surface area contributed by atoms with Gasteiger partial charge in [-0.1, -0.05) is 17.3 Å². The Morgan fingerprint density at radius 2 is 2.22 bits per heavy atom. The smallest absolute Gasteiger partial charge is 0.239 e. The maximum atomic E-state index is 12.2. The molecule has 0 bridgehead atoms. The van der Waals surface area contributed by atoms with Gasteiger partial charge in [0.15, 0.2) is 11.5 Å². The number of benzene rings is 1. The largest absolute Gasteiger partial charge is 0.486 e. The summed E-state index contributed by atoms with van der Waals surface area (Å²) >= 11 is 1.53. The third kappa shape index (κ3) is 3.79. The van der Waals surface area contributed by atoms with Crippen LogP contribution >= 0.6 is 11.8 Å². The van der Waals surface area contributed by atoms with Crippen molar-refractivity contribution in [3.8, 4) is 11.5 Å². The first kappa shape index (κ1) is 15.7. The molecule has 1 aliphatic heterocycles. The molecular formula is C16H18N2O4S. The Kier molecular flexibility index (Phi) is 4.76. The lowest BCUT2D eigenvalue weighted by Gasteiger charge is -2.21. The zero-order valence-corrected chi connectivity index (χ0v) is 13.8. The lowest BCUT2D eigenvalue weighted by molar-refractivity contribution is -0.115. The van der Waals surface area contributed by atoms with Crippen LogP contribution in [-0.2, 0) is 10.5 Å². The standard InChI is InChI=1S/C16H18N2O4S/c1-10-8-14(22-18-10)17-16(19)11(2)23-9-12-4-3-5-13-15(12)21-7-6-20-13/h3-5,8,11H,6-7,9H2,1-2H3,(H,17,19)/t11-/m0/s1. The summed E-state index contributed by atoms with van der Waals surface area (Å²) in [5, 5.41) is 6.22. The number of carbonyl (C=O) groups is 1. The summed E-state index contributed by atoms with van der Waals surface area (Å²) in [4.78, 5) is 12.2. The van der Waals surface area contributed by atoms with Gasteiger partial charge in [0.05, 0.1) is 10.9 Å². The number of aromatic nitrogens is 1. The van der Waals surface area contributed by atoms with E-state index in [1.165, 1.54) is 11.8 Å². The highest BCUT2D eigenvalue weighted by atomic mass is 32.2. The first-order valence-corrected chi connectivity index (χ1v) is 8.41. The highest BCUT2D eigenvalue weighted by Gasteiger charge is 2.19. The van der Waals surface area contributed by atoms with Crippen LogP contribution in [0.15, 0.2) is 28.8 Å². The molecule has 6 nitrogen and oxygen atoms in total. The number of fused-ring (bicyclic) bond motifs is 1. The number of ether oxygens (including phenoxy) is 2. The van der Waals surface area contributed by atoms with Crippen molar-refractivity contribution in [1.82, 2.24) is 5.16 Å². The average molecular weight is 334 g/mol. The van der Waals surface area contributed by atoms with Crippen molar-refractivity contribution in [2.45, 2.75) is 24.9 Å². The maximum absolute atomic E-state index is 12.2. The van der Waals surface area contributed by atoms with Gasteiger partial charge >= 0.3 is 0 Å². The van der Waals surface area contributed by atoms with Gasteiger partial charge in [-0.2, -0.15) is 0 Å². The van der Waals surface area contributed by atoms with Crippen LogP contribution in [0.3, 0.4) is 0 Å². The summed E-state index contributed by atoms with van der Waals surface area (Å²) in [6.45, 7) is 4.78. The van der Waals surface area contributed by atoms with Crippen molar-refractivity contribution < 1.29 is 18.8 Å². The molecule has 7 heteroatoms. The van der Waals surface area contributed by atoms with Crippen LogP contribution in [0, 0.1) is 6.92 Å². The van der Waals surface area contributed by atoms with E-state index in [9.17, 15) is 4.79 Å². The summed E-state index contributed by atoms with van der Waals surface area (Å²) in [5.41, 5.74) is 1.76. The lowest BCUT2D eigenvalue weighted by atomic mass is 10.2. The van der Waals surface area contributed by atoms with Crippen molar-refractivity contribution >= 4 is 23.6 Å². The molecule has 0 unspecified atom stereocenters. The van der Waals surface area contributed by atoms with Gasteiger partial charge in [-0.3, -0.25) is 10.1 Å². The molecule has 1 aromatic carbocycles. The molecular weight excluding hydrogens is 316 g/mol. The number of carbonyl (C=O) groups excluding carboxylic acids is 1. The fraction of sp³-hybridized carbons (Fsp3) is 0.375.